The van der Waals surface area contributed by atoms with Gasteiger partial charge < -0.3 is 14.2 Å². The van der Waals surface area contributed by atoms with Crippen LogP contribution in [0.1, 0.15) is 32.6 Å². The molecule has 0 aliphatic heterocycles. The number of benzene rings is 3. The fraction of sp³-hybridized carbons (Fsp3) is 0.192. The largest absolute Gasteiger partial charge is 0.493 e. The molecule has 3 aromatic rings. The number of amides is 1. The summed E-state index contributed by atoms with van der Waals surface area (Å²) in [5, 5.41) is 3.94. The van der Waals surface area contributed by atoms with Gasteiger partial charge in [-0.1, -0.05) is 35.4 Å². The summed E-state index contributed by atoms with van der Waals surface area (Å²) in [6.45, 7) is 5.71. The van der Waals surface area contributed by atoms with Gasteiger partial charge in [-0.3, -0.25) is 4.79 Å². The van der Waals surface area contributed by atoms with Gasteiger partial charge in [-0.15, -0.1) is 0 Å². The van der Waals surface area contributed by atoms with E-state index in [2.05, 4.69) is 10.5 Å². The average Bonchev–Trinajstić information content (AvgIpc) is 2.79. The van der Waals surface area contributed by atoms with Crippen molar-refractivity contribution in [2.45, 2.75) is 20.8 Å². The molecule has 7 nitrogen and oxygen atoms in total. The van der Waals surface area contributed by atoms with E-state index in [1.807, 2.05) is 51.1 Å². The Morgan fingerprint density at radius 3 is 2.27 bits per heavy atom. The Kier molecular flexibility index (Phi) is 7.81. The Labute approximate surface area is 193 Å². The maximum atomic E-state index is 12.4. The van der Waals surface area contributed by atoms with Crippen molar-refractivity contribution in [3.63, 3.8) is 0 Å². The van der Waals surface area contributed by atoms with E-state index in [0.29, 0.717) is 22.6 Å². The predicted octanol–water partition coefficient (Wildman–Crippen LogP) is 4.37. The first-order chi connectivity index (χ1) is 15.9. The van der Waals surface area contributed by atoms with Crippen LogP contribution in [0.2, 0.25) is 0 Å². The molecule has 0 saturated heterocycles. The second kappa shape index (κ2) is 10.9. The highest BCUT2D eigenvalue weighted by Crippen LogP contribution is 2.28. The van der Waals surface area contributed by atoms with Crippen LogP contribution < -0.4 is 19.6 Å². The second-order valence-electron chi connectivity index (χ2n) is 7.52. The number of rotatable bonds is 8. The lowest BCUT2D eigenvalue weighted by molar-refractivity contribution is -0.123. The standard InChI is InChI=1S/C26H26N2O5/c1-17-5-9-21(10-6-17)26(30)33-23-12-8-20(14-24(23)31-4)15-27-28-25(29)16-32-22-11-7-18(2)13-19(22)3/h5-15H,16H2,1-4H3,(H,28,29)/b27-15+. The summed E-state index contributed by atoms with van der Waals surface area (Å²) in [4.78, 5) is 24.4. The summed E-state index contributed by atoms with van der Waals surface area (Å²) in [5.74, 6) is 0.433. The van der Waals surface area contributed by atoms with Gasteiger partial charge in [-0.05, 0) is 68.3 Å². The quantitative estimate of drug-likeness (QED) is 0.240. The van der Waals surface area contributed by atoms with Crippen molar-refractivity contribution in [1.29, 1.82) is 0 Å². The summed E-state index contributed by atoms with van der Waals surface area (Å²) in [6, 6.07) is 17.8. The lowest BCUT2D eigenvalue weighted by Gasteiger charge is -2.10. The minimum absolute atomic E-state index is 0.154. The number of aryl methyl sites for hydroxylation is 3. The first kappa shape index (κ1) is 23.5. The highest BCUT2D eigenvalue weighted by molar-refractivity contribution is 5.91. The van der Waals surface area contributed by atoms with Crippen molar-refractivity contribution in [3.8, 4) is 17.2 Å². The Morgan fingerprint density at radius 2 is 1.58 bits per heavy atom. The molecule has 0 aromatic heterocycles. The van der Waals surface area contributed by atoms with Crippen LogP contribution in [0.3, 0.4) is 0 Å². The highest BCUT2D eigenvalue weighted by Gasteiger charge is 2.13. The fourth-order valence-electron chi connectivity index (χ4n) is 3.01. The maximum absolute atomic E-state index is 12.4. The van der Waals surface area contributed by atoms with Crippen molar-refractivity contribution >= 4 is 18.1 Å². The molecule has 0 fully saturated rings. The maximum Gasteiger partial charge on any atom is 0.343 e. The molecule has 0 bridgehead atoms. The molecule has 0 aliphatic carbocycles. The van der Waals surface area contributed by atoms with Crippen molar-refractivity contribution in [2.75, 3.05) is 13.7 Å². The molecule has 0 aliphatic rings. The molecule has 0 saturated carbocycles. The van der Waals surface area contributed by atoms with Gasteiger partial charge in [0.1, 0.15) is 5.75 Å². The number of ether oxygens (including phenoxy) is 3. The molecule has 170 valence electrons. The molecule has 33 heavy (non-hydrogen) atoms. The van der Waals surface area contributed by atoms with Crippen LogP contribution in [0.15, 0.2) is 65.8 Å². The lowest BCUT2D eigenvalue weighted by atomic mass is 10.1. The van der Waals surface area contributed by atoms with E-state index >= 15 is 0 Å². The smallest absolute Gasteiger partial charge is 0.343 e. The first-order valence-corrected chi connectivity index (χ1v) is 10.3. The van der Waals surface area contributed by atoms with E-state index in [0.717, 1.165) is 16.7 Å². The molecular formula is C26H26N2O5. The third kappa shape index (κ3) is 6.67. The molecule has 0 spiro atoms. The van der Waals surface area contributed by atoms with Crippen LogP contribution in [0.25, 0.3) is 0 Å². The number of hydrazone groups is 1. The highest BCUT2D eigenvalue weighted by atomic mass is 16.6. The molecule has 0 atom stereocenters. The van der Waals surface area contributed by atoms with Crippen LogP contribution >= 0.6 is 0 Å². The topological polar surface area (TPSA) is 86.2 Å². The first-order valence-electron chi connectivity index (χ1n) is 10.3. The van der Waals surface area contributed by atoms with E-state index in [4.69, 9.17) is 14.2 Å². The Balaban J connectivity index is 1.56. The molecule has 0 heterocycles. The summed E-state index contributed by atoms with van der Waals surface area (Å²) >= 11 is 0. The Hall–Kier alpha value is -4.13. The molecule has 1 amide bonds. The van der Waals surface area contributed by atoms with Crippen LogP contribution in [0.5, 0.6) is 17.2 Å². The summed E-state index contributed by atoms with van der Waals surface area (Å²) in [5.41, 5.74) is 6.65. The molecule has 3 rings (SSSR count). The molecule has 1 N–H and O–H groups in total. The molecular weight excluding hydrogens is 420 g/mol. The number of hydrogen-bond acceptors (Lipinski definition) is 6. The van der Waals surface area contributed by atoms with Crippen LogP contribution in [0.4, 0.5) is 0 Å². The summed E-state index contributed by atoms with van der Waals surface area (Å²) in [6.07, 6.45) is 1.46. The van der Waals surface area contributed by atoms with Gasteiger partial charge in [-0.2, -0.15) is 5.10 Å². The molecule has 0 radical (unpaired) electrons. The fourth-order valence-corrected chi connectivity index (χ4v) is 3.01. The van der Waals surface area contributed by atoms with Gasteiger partial charge in [-0.25, -0.2) is 10.2 Å². The number of esters is 1. The van der Waals surface area contributed by atoms with Crippen LogP contribution in [0, 0.1) is 20.8 Å². The van der Waals surface area contributed by atoms with E-state index in [1.54, 1.807) is 30.3 Å². The SMILES string of the molecule is COc1cc(/C=N/NC(=O)COc2ccc(C)cc2C)ccc1OC(=O)c1ccc(C)cc1. The minimum atomic E-state index is -0.481. The predicted molar refractivity (Wildman–Crippen MR) is 126 cm³/mol. The zero-order chi connectivity index (χ0) is 23.8. The number of nitrogens with one attached hydrogen (secondary N) is 1. The van der Waals surface area contributed by atoms with Crippen LogP contribution in [-0.2, 0) is 4.79 Å². The third-order valence-electron chi connectivity index (χ3n) is 4.77. The van der Waals surface area contributed by atoms with Crippen molar-refractivity contribution < 1.29 is 23.8 Å². The Morgan fingerprint density at radius 1 is 0.879 bits per heavy atom. The zero-order valence-electron chi connectivity index (χ0n) is 19.0. The summed E-state index contributed by atoms with van der Waals surface area (Å²) in [7, 11) is 1.48. The van der Waals surface area contributed by atoms with E-state index < -0.39 is 5.97 Å². The van der Waals surface area contributed by atoms with Gasteiger partial charge in [0.15, 0.2) is 18.1 Å². The number of hydrogen-bond donors (Lipinski definition) is 1. The number of nitrogens with zero attached hydrogens (tertiary/aromatic N) is 1. The summed E-state index contributed by atoms with van der Waals surface area (Å²) < 4.78 is 16.3. The van der Waals surface area contributed by atoms with Crippen molar-refractivity contribution in [3.05, 3.63) is 88.5 Å². The Bertz CT molecular complexity index is 1170. The zero-order valence-corrected chi connectivity index (χ0v) is 19.0. The van der Waals surface area contributed by atoms with E-state index in [-0.39, 0.29) is 18.3 Å². The average molecular weight is 447 g/mol. The number of carbonyl (C=O) groups is 2. The van der Waals surface area contributed by atoms with Crippen molar-refractivity contribution in [2.24, 2.45) is 5.10 Å². The molecule has 0 unspecified atom stereocenters. The minimum Gasteiger partial charge on any atom is -0.493 e. The van der Waals surface area contributed by atoms with E-state index in [9.17, 15) is 9.59 Å². The normalized spacial score (nSPS) is 10.7. The third-order valence-corrected chi connectivity index (χ3v) is 4.77. The van der Waals surface area contributed by atoms with Crippen molar-refractivity contribution in [1.82, 2.24) is 5.43 Å². The van der Waals surface area contributed by atoms with Gasteiger partial charge in [0.25, 0.3) is 5.91 Å². The monoisotopic (exact) mass is 446 g/mol. The molecule has 7 heteroatoms. The van der Waals surface area contributed by atoms with Gasteiger partial charge >= 0.3 is 5.97 Å². The molecule has 3 aromatic carbocycles. The number of methoxy groups -OCH3 is 1. The second-order valence-corrected chi connectivity index (χ2v) is 7.52. The number of carbonyl (C=O) groups excluding carboxylic acids is 2. The van der Waals surface area contributed by atoms with Gasteiger partial charge in [0.2, 0.25) is 0 Å². The van der Waals surface area contributed by atoms with Gasteiger partial charge in [0, 0.05) is 0 Å². The lowest BCUT2D eigenvalue weighted by Crippen LogP contribution is -2.24. The van der Waals surface area contributed by atoms with Crippen LogP contribution in [-0.4, -0.2) is 31.8 Å². The van der Waals surface area contributed by atoms with Gasteiger partial charge in [0.05, 0.1) is 18.9 Å². The van der Waals surface area contributed by atoms with E-state index in [1.165, 1.54) is 13.3 Å².